The molecule has 0 aliphatic heterocycles. The monoisotopic (exact) mass is 293 g/mol. The Hall–Kier alpha value is -1.88. The van der Waals surface area contributed by atoms with Crippen LogP contribution in [0.15, 0.2) is 47.4 Å². The molecular weight excluding hydrogens is 277 g/mol. The first-order chi connectivity index (χ1) is 9.36. The maximum absolute atomic E-state index is 13.4. The first-order valence-electron chi connectivity index (χ1n) is 6.15. The lowest BCUT2D eigenvalue weighted by Gasteiger charge is -2.08. The Bertz CT molecular complexity index is 709. The maximum atomic E-state index is 13.4. The summed E-state index contributed by atoms with van der Waals surface area (Å²) in [6.45, 7) is 2.20. The van der Waals surface area contributed by atoms with Gasteiger partial charge in [-0.2, -0.15) is 0 Å². The molecule has 0 radical (unpaired) electrons. The smallest absolute Gasteiger partial charge is 0.175 e. The standard InChI is InChI=1S/C15H16FNO2S/c1-11-3-4-12(9-15(11)16)10-17-13-5-7-14(8-6-13)20(2,18)19/h3-9,17H,10H2,1-2H3. The molecule has 0 saturated heterocycles. The number of aryl methyl sites for hydroxylation is 1. The average molecular weight is 293 g/mol. The van der Waals surface area contributed by atoms with Gasteiger partial charge >= 0.3 is 0 Å². The first-order valence-corrected chi connectivity index (χ1v) is 8.04. The third kappa shape index (κ3) is 3.57. The molecule has 2 rings (SSSR count). The van der Waals surface area contributed by atoms with E-state index in [0.717, 1.165) is 11.3 Å². The quantitative estimate of drug-likeness (QED) is 0.942. The zero-order chi connectivity index (χ0) is 14.8. The van der Waals surface area contributed by atoms with Gasteiger partial charge in [0.25, 0.3) is 0 Å². The third-order valence-corrected chi connectivity index (χ3v) is 4.14. The summed E-state index contributed by atoms with van der Waals surface area (Å²) in [5.41, 5.74) is 2.24. The van der Waals surface area contributed by atoms with Gasteiger partial charge in [-0.3, -0.25) is 0 Å². The lowest BCUT2D eigenvalue weighted by molar-refractivity contribution is 0.602. The number of nitrogens with one attached hydrogen (secondary N) is 1. The summed E-state index contributed by atoms with van der Waals surface area (Å²) in [6, 6.07) is 11.6. The SMILES string of the molecule is Cc1ccc(CNc2ccc(S(C)(=O)=O)cc2)cc1F. The molecule has 0 bridgehead atoms. The van der Waals surface area contributed by atoms with E-state index in [2.05, 4.69) is 5.32 Å². The Morgan fingerprint density at radius 3 is 2.30 bits per heavy atom. The van der Waals surface area contributed by atoms with Gasteiger partial charge in [-0.1, -0.05) is 12.1 Å². The van der Waals surface area contributed by atoms with Crippen molar-refractivity contribution in [1.82, 2.24) is 0 Å². The van der Waals surface area contributed by atoms with Crippen molar-refractivity contribution in [2.45, 2.75) is 18.4 Å². The summed E-state index contributed by atoms with van der Waals surface area (Å²) in [5, 5.41) is 3.12. The van der Waals surface area contributed by atoms with Crippen LogP contribution in [-0.2, 0) is 16.4 Å². The van der Waals surface area contributed by atoms with Gasteiger partial charge in [-0.05, 0) is 48.4 Å². The molecule has 0 aliphatic carbocycles. The van der Waals surface area contributed by atoms with Gasteiger partial charge in [0.2, 0.25) is 0 Å². The van der Waals surface area contributed by atoms with Gasteiger partial charge in [0, 0.05) is 18.5 Å². The van der Waals surface area contributed by atoms with Gasteiger partial charge in [-0.25, -0.2) is 12.8 Å². The topological polar surface area (TPSA) is 46.2 Å². The zero-order valence-corrected chi connectivity index (χ0v) is 12.2. The highest BCUT2D eigenvalue weighted by Crippen LogP contribution is 2.15. The van der Waals surface area contributed by atoms with Crippen molar-refractivity contribution in [3.63, 3.8) is 0 Å². The number of halogens is 1. The Balaban J connectivity index is 2.06. The van der Waals surface area contributed by atoms with Gasteiger partial charge < -0.3 is 5.32 Å². The average Bonchev–Trinajstić information content (AvgIpc) is 2.40. The summed E-state index contributed by atoms with van der Waals surface area (Å²) >= 11 is 0. The van der Waals surface area contributed by atoms with Gasteiger partial charge in [0.15, 0.2) is 9.84 Å². The molecule has 0 saturated carbocycles. The molecule has 0 atom stereocenters. The summed E-state index contributed by atoms with van der Waals surface area (Å²) in [6.07, 6.45) is 1.17. The first kappa shape index (κ1) is 14.5. The molecule has 0 unspecified atom stereocenters. The molecule has 0 aromatic heterocycles. The number of sulfone groups is 1. The normalized spacial score (nSPS) is 11.3. The van der Waals surface area contributed by atoms with Crippen LogP contribution in [0.5, 0.6) is 0 Å². The van der Waals surface area contributed by atoms with Gasteiger partial charge in [0.05, 0.1) is 4.90 Å². The zero-order valence-electron chi connectivity index (χ0n) is 11.4. The molecule has 0 spiro atoms. The van der Waals surface area contributed by atoms with Crippen molar-refractivity contribution in [2.75, 3.05) is 11.6 Å². The molecule has 1 N–H and O–H groups in total. The van der Waals surface area contributed by atoms with Crippen molar-refractivity contribution < 1.29 is 12.8 Å². The summed E-state index contributed by atoms with van der Waals surface area (Å²) in [7, 11) is -3.17. The van der Waals surface area contributed by atoms with E-state index >= 15 is 0 Å². The molecule has 2 aromatic rings. The lowest BCUT2D eigenvalue weighted by Crippen LogP contribution is -2.01. The highest BCUT2D eigenvalue weighted by molar-refractivity contribution is 7.90. The number of anilines is 1. The second kappa shape index (κ2) is 5.63. The molecular formula is C15H16FNO2S. The van der Waals surface area contributed by atoms with E-state index in [9.17, 15) is 12.8 Å². The van der Waals surface area contributed by atoms with E-state index in [0.29, 0.717) is 12.1 Å². The van der Waals surface area contributed by atoms with Gasteiger partial charge in [0.1, 0.15) is 5.82 Å². The van der Waals surface area contributed by atoms with E-state index in [1.54, 1.807) is 37.3 Å². The van der Waals surface area contributed by atoms with Crippen molar-refractivity contribution in [3.8, 4) is 0 Å². The van der Waals surface area contributed by atoms with Crippen LogP contribution >= 0.6 is 0 Å². The minimum Gasteiger partial charge on any atom is -0.381 e. The highest BCUT2D eigenvalue weighted by atomic mass is 32.2. The Labute approximate surface area is 118 Å². The van der Waals surface area contributed by atoms with Crippen molar-refractivity contribution >= 4 is 15.5 Å². The fraction of sp³-hybridized carbons (Fsp3) is 0.200. The Morgan fingerprint density at radius 2 is 1.75 bits per heavy atom. The summed E-state index contributed by atoms with van der Waals surface area (Å²) in [5.74, 6) is -0.225. The minimum atomic E-state index is -3.17. The summed E-state index contributed by atoms with van der Waals surface area (Å²) in [4.78, 5) is 0.282. The van der Waals surface area contributed by atoms with Crippen LogP contribution in [0.3, 0.4) is 0 Å². The van der Waals surface area contributed by atoms with E-state index < -0.39 is 9.84 Å². The van der Waals surface area contributed by atoms with Crippen LogP contribution in [0.25, 0.3) is 0 Å². The molecule has 3 nitrogen and oxygen atoms in total. The fourth-order valence-electron chi connectivity index (χ4n) is 1.77. The van der Waals surface area contributed by atoms with Gasteiger partial charge in [-0.15, -0.1) is 0 Å². The third-order valence-electron chi connectivity index (χ3n) is 3.02. The molecule has 5 heteroatoms. The molecule has 106 valence electrons. The van der Waals surface area contributed by atoms with E-state index in [-0.39, 0.29) is 10.7 Å². The minimum absolute atomic E-state index is 0.225. The van der Waals surface area contributed by atoms with E-state index in [1.807, 2.05) is 6.07 Å². The van der Waals surface area contributed by atoms with Crippen molar-refractivity contribution in [1.29, 1.82) is 0 Å². The van der Waals surface area contributed by atoms with Crippen LogP contribution in [0.4, 0.5) is 10.1 Å². The predicted octanol–water partition coefficient (Wildman–Crippen LogP) is 3.15. The molecule has 0 fully saturated rings. The number of hydrogen-bond acceptors (Lipinski definition) is 3. The van der Waals surface area contributed by atoms with Crippen LogP contribution < -0.4 is 5.32 Å². The highest BCUT2D eigenvalue weighted by Gasteiger charge is 2.06. The molecule has 0 heterocycles. The van der Waals surface area contributed by atoms with Crippen LogP contribution in [0, 0.1) is 12.7 Å². The molecule has 20 heavy (non-hydrogen) atoms. The number of benzene rings is 2. The second-order valence-electron chi connectivity index (χ2n) is 4.73. The number of hydrogen-bond donors (Lipinski definition) is 1. The van der Waals surface area contributed by atoms with Crippen molar-refractivity contribution in [2.24, 2.45) is 0 Å². The van der Waals surface area contributed by atoms with Crippen LogP contribution in [-0.4, -0.2) is 14.7 Å². The van der Waals surface area contributed by atoms with Crippen LogP contribution in [0.1, 0.15) is 11.1 Å². The van der Waals surface area contributed by atoms with Crippen molar-refractivity contribution in [3.05, 3.63) is 59.4 Å². The molecule has 2 aromatic carbocycles. The number of rotatable bonds is 4. The largest absolute Gasteiger partial charge is 0.381 e. The maximum Gasteiger partial charge on any atom is 0.175 e. The molecule has 0 aliphatic rings. The Kier molecular flexibility index (Phi) is 4.09. The Morgan fingerprint density at radius 1 is 1.10 bits per heavy atom. The predicted molar refractivity (Wildman–Crippen MR) is 78.0 cm³/mol. The lowest BCUT2D eigenvalue weighted by atomic mass is 10.1. The second-order valence-corrected chi connectivity index (χ2v) is 6.75. The van der Waals surface area contributed by atoms with E-state index in [1.165, 1.54) is 12.3 Å². The molecule has 0 amide bonds. The summed E-state index contributed by atoms with van der Waals surface area (Å²) < 4.78 is 36.1. The van der Waals surface area contributed by atoms with Crippen LogP contribution in [0.2, 0.25) is 0 Å². The van der Waals surface area contributed by atoms with E-state index in [4.69, 9.17) is 0 Å². The fourth-order valence-corrected chi connectivity index (χ4v) is 2.40.